The highest BCUT2D eigenvalue weighted by Crippen LogP contribution is 2.19. The minimum atomic E-state index is 0.0248. The first-order chi connectivity index (χ1) is 8.26. The summed E-state index contributed by atoms with van der Waals surface area (Å²) in [7, 11) is 0. The molecule has 4 nitrogen and oxygen atoms in total. The second-order valence-corrected chi connectivity index (χ2v) is 3.96. The SMILES string of the molecule is CCNC(=O)Cn1ccc2cccc(CN)c21. The van der Waals surface area contributed by atoms with Crippen molar-refractivity contribution in [3.05, 3.63) is 36.0 Å². The molecule has 2 aromatic rings. The summed E-state index contributed by atoms with van der Waals surface area (Å²) in [6, 6.07) is 8.02. The van der Waals surface area contributed by atoms with Gasteiger partial charge in [-0.15, -0.1) is 0 Å². The van der Waals surface area contributed by atoms with Crippen LogP contribution in [-0.2, 0) is 17.9 Å². The Balaban J connectivity index is 2.37. The van der Waals surface area contributed by atoms with Gasteiger partial charge >= 0.3 is 0 Å². The molecule has 0 spiro atoms. The quantitative estimate of drug-likeness (QED) is 0.831. The van der Waals surface area contributed by atoms with E-state index in [0.717, 1.165) is 16.5 Å². The van der Waals surface area contributed by atoms with E-state index in [4.69, 9.17) is 5.73 Å². The molecule has 0 atom stereocenters. The van der Waals surface area contributed by atoms with Crippen LogP contribution in [0, 0.1) is 0 Å². The Morgan fingerprint density at radius 3 is 2.94 bits per heavy atom. The van der Waals surface area contributed by atoms with Crippen LogP contribution >= 0.6 is 0 Å². The molecule has 1 aromatic heterocycles. The van der Waals surface area contributed by atoms with Crippen LogP contribution in [0.1, 0.15) is 12.5 Å². The lowest BCUT2D eigenvalue weighted by molar-refractivity contribution is -0.121. The van der Waals surface area contributed by atoms with E-state index in [0.29, 0.717) is 19.6 Å². The zero-order valence-corrected chi connectivity index (χ0v) is 9.94. The molecule has 0 unspecified atom stereocenters. The van der Waals surface area contributed by atoms with Crippen molar-refractivity contribution in [3.8, 4) is 0 Å². The van der Waals surface area contributed by atoms with Crippen molar-refractivity contribution in [2.75, 3.05) is 6.54 Å². The highest BCUT2D eigenvalue weighted by Gasteiger charge is 2.08. The second kappa shape index (κ2) is 5.01. The van der Waals surface area contributed by atoms with Gasteiger partial charge in [0.2, 0.25) is 5.91 Å². The molecule has 2 rings (SSSR count). The van der Waals surface area contributed by atoms with Gasteiger partial charge in [-0.05, 0) is 23.9 Å². The molecule has 0 aliphatic carbocycles. The summed E-state index contributed by atoms with van der Waals surface area (Å²) in [5.41, 5.74) is 7.84. The average Bonchev–Trinajstić information content (AvgIpc) is 2.73. The van der Waals surface area contributed by atoms with Crippen LogP contribution < -0.4 is 11.1 Å². The van der Waals surface area contributed by atoms with Gasteiger partial charge in [-0.25, -0.2) is 0 Å². The molecule has 3 N–H and O–H groups in total. The smallest absolute Gasteiger partial charge is 0.239 e. The summed E-state index contributed by atoms with van der Waals surface area (Å²) in [4.78, 5) is 11.6. The van der Waals surface area contributed by atoms with E-state index in [1.807, 2.05) is 42.0 Å². The Kier molecular flexibility index (Phi) is 3.44. The van der Waals surface area contributed by atoms with Gasteiger partial charge in [0.25, 0.3) is 0 Å². The third-order valence-corrected chi connectivity index (χ3v) is 2.78. The fourth-order valence-electron chi connectivity index (χ4n) is 2.05. The molecule has 0 aliphatic rings. The van der Waals surface area contributed by atoms with Crippen LogP contribution in [-0.4, -0.2) is 17.0 Å². The van der Waals surface area contributed by atoms with Crippen molar-refractivity contribution in [3.63, 3.8) is 0 Å². The van der Waals surface area contributed by atoms with Crippen LogP contribution in [0.25, 0.3) is 10.9 Å². The Hall–Kier alpha value is -1.81. The number of hydrogen-bond donors (Lipinski definition) is 2. The zero-order valence-electron chi connectivity index (χ0n) is 9.94. The van der Waals surface area contributed by atoms with Crippen LogP contribution in [0.4, 0.5) is 0 Å². The second-order valence-electron chi connectivity index (χ2n) is 3.96. The van der Waals surface area contributed by atoms with E-state index in [9.17, 15) is 4.79 Å². The van der Waals surface area contributed by atoms with Crippen molar-refractivity contribution in [1.82, 2.24) is 9.88 Å². The predicted molar refractivity (Wildman–Crippen MR) is 68.5 cm³/mol. The lowest BCUT2D eigenvalue weighted by Crippen LogP contribution is -2.26. The largest absolute Gasteiger partial charge is 0.355 e. The van der Waals surface area contributed by atoms with Gasteiger partial charge in [0.05, 0.1) is 5.52 Å². The number of carbonyl (C=O) groups excluding carboxylic acids is 1. The molecule has 0 aliphatic heterocycles. The number of benzene rings is 1. The number of nitrogens with one attached hydrogen (secondary N) is 1. The molecule has 17 heavy (non-hydrogen) atoms. The maximum absolute atomic E-state index is 11.6. The first-order valence-corrected chi connectivity index (χ1v) is 5.79. The number of aromatic nitrogens is 1. The lowest BCUT2D eigenvalue weighted by atomic mass is 10.1. The van der Waals surface area contributed by atoms with Gasteiger partial charge in [-0.3, -0.25) is 4.79 Å². The summed E-state index contributed by atoms with van der Waals surface area (Å²) < 4.78 is 1.95. The standard InChI is InChI=1S/C13H17N3O/c1-2-15-12(17)9-16-7-6-10-4-3-5-11(8-14)13(10)16/h3-7H,2,8-9,14H2,1H3,(H,15,17). The minimum Gasteiger partial charge on any atom is -0.355 e. The Morgan fingerprint density at radius 2 is 2.24 bits per heavy atom. The number of nitrogens with two attached hydrogens (primary N) is 1. The molecule has 1 amide bonds. The molecule has 0 saturated carbocycles. The van der Waals surface area contributed by atoms with Crippen LogP contribution in [0.5, 0.6) is 0 Å². The van der Waals surface area contributed by atoms with Gasteiger partial charge in [-0.2, -0.15) is 0 Å². The monoisotopic (exact) mass is 231 g/mol. The van der Waals surface area contributed by atoms with E-state index in [1.165, 1.54) is 0 Å². The maximum atomic E-state index is 11.6. The molecule has 4 heteroatoms. The molecule has 0 saturated heterocycles. The number of likely N-dealkylation sites (N-methyl/N-ethyl adjacent to an activating group) is 1. The number of amides is 1. The summed E-state index contributed by atoms with van der Waals surface area (Å²) >= 11 is 0. The van der Waals surface area contributed by atoms with E-state index in [1.54, 1.807) is 0 Å². The molecule has 0 fully saturated rings. The summed E-state index contributed by atoms with van der Waals surface area (Å²) in [6.07, 6.45) is 1.93. The topological polar surface area (TPSA) is 60.0 Å². The Bertz CT molecular complexity index is 530. The van der Waals surface area contributed by atoms with Crippen LogP contribution in [0.2, 0.25) is 0 Å². The number of fused-ring (bicyclic) bond motifs is 1. The van der Waals surface area contributed by atoms with Crippen molar-refractivity contribution >= 4 is 16.8 Å². The first-order valence-electron chi connectivity index (χ1n) is 5.79. The van der Waals surface area contributed by atoms with E-state index in [-0.39, 0.29) is 5.91 Å². The zero-order chi connectivity index (χ0) is 12.3. The van der Waals surface area contributed by atoms with Crippen LogP contribution in [0.3, 0.4) is 0 Å². The minimum absolute atomic E-state index is 0.0248. The number of carbonyl (C=O) groups is 1. The van der Waals surface area contributed by atoms with E-state index >= 15 is 0 Å². The van der Waals surface area contributed by atoms with Gasteiger partial charge < -0.3 is 15.6 Å². The molecule has 0 bridgehead atoms. The number of rotatable bonds is 4. The molecule has 0 radical (unpaired) electrons. The average molecular weight is 231 g/mol. The predicted octanol–water partition coefficient (Wildman–Crippen LogP) is 1.24. The van der Waals surface area contributed by atoms with Gasteiger partial charge in [0.15, 0.2) is 0 Å². The third kappa shape index (κ3) is 2.31. The van der Waals surface area contributed by atoms with Crippen molar-refractivity contribution in [1.29, 1.82) is 0 Å². The van der Waals surface area contributed by atoms with E-state index < -0.39 is 0 Å². The summed E-state index contributed by atoms with van der Waals surface area (Å²) in [5.74, 6) is 0.0248. The number of para-hydroxylation sites is 1. The van der Waals surface area contributed by atoms with Crippen molar-refractivity contribution in [2.45, 2.75) is 20.0 Å². The highest BCUT2D eigenvalue weighted by molar-refractivity contribution is 5.85. The third-order valence-electron chi connectivity index (χ3n) is 2.78. The molecule has 1 heterocycles. The maximum Gasteiger partial charge on any atom is 0.239 e. The van der Waals surface area contributed by atoms with Gasteiger partial charge in [0, 0.05) is 19.3 Å². The summed E-state index contributed by atoms with van der Waals surface area (Å²) in [6.45, 7) is 3.39. The fourth-order valence-corrected chi connectivity index (χ4v) is 2.05. The van der Waals surface area contributed by atoms with Gasteiger partial charge in [0.1, 0.15) is 6.54 Å². The Morgan fingerprint density at radius 1 is 1.41 bits per heavy atom. The normalized spacial score (nSPS) is 10.7. The fraction of sp³-hybridized carbons (Fsp3) is 0.308. The molecular formula is C13H17N3O. The number of nitrogens with zero attached hydrogens (tertiary/aromatic N) is 1. The first kappa shape index (κ1) is 11.7. The highest BCUT2D eigenvalue weighted by atomic mass is 16.1. The van der Waals surface area contributed by atoms with Crippen LogP contribution in [0.15, 0.2) is 30.5 Å². The molecule has 90 valence electrons. The molecule has 1 aromatic carbocycles. The Labute approximate surface area is 100 Å². The molecular weight excluding hydrogens is 214 g/mol. The van der Waals surface area contributed by atoms with Gasteiger partial charge in [-0.1, -0.05) is 18.2 Å². The van der Waals surface area contributed by atoms with E-state index in [2.05, 4.69) is 5.32 Å². The van der Waals surface area contributed by atoms with Crippen molar-refractivity contribution < 1.29 is 4.79 Å². The van der Waals surface area contributed by atoms with Crippen molar-refractivity contribution in [2.24, 2.45) is 5.73 Å². The summed E-state index contributed by atoms with van der Waals surface area (Å²) in [5, 5.41) is 3.92. The number of hydrogen-bond acceptors (Lipinski definition) is 2. The lowest BCUT2D eigenvalue weighted by Gasteiger charge is -2.08.